The third kappa shape index (κ3) is 2.96. The van der Waals surface area contributed by atoms with Gasteiger partial charge in [0.05, 0.1) is 0 Å². The minimum Gasteiger partial charge on any atom is -0.0877 e. The maximum Gasteiger partial charge on any atom is -0.000752 e. The van der Waals surface area contributed by atoms with Crippen molar-refractivity contribution in [2.24, 2.45) is 0 Å². The fourth-order valence-electron chi connectivity index (χ4n) is 7.77. The maximum atomic E-state index is 2.40. The Bertz CT molecular complexity index is 2400. The van der Waals surface area contributed by atoms with E-state index in [1.54, 1.807) is 0 Å². The van der Waals surface area contributed by atoms with E-state index in [0.29, 0.717) is 0 Å². The molecule has 0 bridgehead atoms. The summed E-state index contributed by atoms with van der Waals surface area (Å²) < 4.78 is 0. The first kappa shape index (κ1) is 23.5. The molecule has 0 unspecified atom stereocenters. The Morgan fingerprint density at radius 1 is 0.476 bits per heavy atom. The molecule has 1 aliphatic rings. The molecule has 0 aliphatic heterocycles. The fraction of sp³-hybridized carbons (Fsp3) is 0.0476. The van der Waals surface area contributed by atoms with E-state index in [4.69, 9.17) is 0 Å². The topological polar surface area (TPSA) is 0 Å². The van der Waals surface area contributed by atoms with Gasteiger partial charge in [-0.2, -0.15) is 0 Å². The standard InChI is InChI=1S/C42H28/c1-3-4-12-25(2)36-28-17-8-9-18-31(28)38(27-13-6-5-7-14-27)42-35-24-22-33-30-20-11-16-26-15-10-19-29(37(26)30)32-21-23-34(41(36)42)40(35)39(32)33/h3-24H,1-2H3/b4-3-,25-12+. The lowest BCUT2D eigenvalue weighted by atomic mass is 9.82. The summed E-state index contributed by atoms with van der Waals surface area (Å²) in [5, 5.41) is 13.4. The van der Waals surface area contributed by atoms with Crippen molar-refractivity contribution in [2.75, 3.05) is 0 Å². The van der Waals surface area contributed by atoms with Crippen LogP contribution in [0, 0.1) is 0 Å². The zero-order valence-electron chi connectivity index (χ0n) is 23.7. The Kier molecular flexibility index (Phi) is 4.84. The molecular formula is C42H28. The van der Waals surface area contributed by atoms with Crippen LogP contribution >= 0.6 is 0 Å². The Morgan fingerprint density at radius 3 is 1.76 bits per heavy atom. The number of fused-ring (bicyclic) bond motifs is 6. The van der Waals surface area contributed by atoms with Gasteiger partial charge in [-0.3, -0.25) is 0 Å². The molecule has 0 amide bonds. The highest BCUT2D eigenvalue weighted by atomic mass is 14.3. The molecule has 0 heterocycles. The first-order valence-corrected chi connectivity index (χ1v) is 14.8. The molecule has 42 heavy (non-hydrogen) atoms. The van der Waals surface area contributed by atoms with Crippen LogP contribution in [0.3, 0.4) is 0 Å². The first-order chi connectivity index (χ1) is 20.8. The normalized spacial score (nSPS) is 13.0. The molecule has 0 heteroatoms. The Hall–Kier alpha value is -5.20. The van der Waals surface area contributed by atoms with Crippen LogP contribution in [0.15, 0.2) is 133 Å². The molecule has 0 N–H and O–H groups in total. The van der Waals surface area contributed by atoms with Gasteiger partial charge in [0.15, 0.2) is 0 Å². The van der Waals surface area contributed by atoms with E-state index in [1.807, 2.05) is 0 Å². The van der Waals surface area contributed by atoms with E-state index < -0.39 is 0 Å². The monoisotopic (exact) mass is 532 g/mol. The highest BCUT2D eigenvalue weighted by molar-refractivity contribution is 6.38. The van der Waals surface area contributed by atoms with Gasteiger partial charge in [0.2, 0.25) is 0 Å². The molecule has 9 rings (SSSR count). The second-order valence-electron chi connectivity index (χ2n) is 11.6. The molecule has 0 aromatic heterocycles. The van der Waals surface area contributed by atoms with Gasteiger partial charge in [-0.25, -0.2) is 0 Å². The summed E-state index contributed by atoms with van der Waals surface area (Å²) in [6, 6.07) is 43.0. The molecule has 0 saturated heterocycles. The fourth-order valence-corrected chi connectivity index (χ4v) is 7.77. The Balaban J connectivity index is 1.54. The van der Waals surface area contributed by atoms with Crippen LogP contribution in [0.25, 0.3) is 92.8 Å². The van der Waals surface area contributed by atoms with Gasteiger partial charge in [0.25, 0.3) is 0 Å². The highest BCUT2D eigenvalue weighted by Gasteiger charge is 2.31. The third-order valence-electron chi connectivity index (χ3n) is 9.40. The van der Waals surface area contributed by atoms with Crippen molar-refractivity contribution in [1.29, 1.82) is 0 Å². The molecular weight excluding hydrogens is 504 g/mol. The SMILES string of the molecule is C/C=C\C=C(/C)c1c2c(c(-c3ccccc3)c3ccccc13)-c1ccc3c4cccc5cccc(c6ccc-2c1c63)c54. The van der Waals surface area contributed by atoms with Gasteiger partial charge >= 0.3 is 0 Å². The van der Waals surface area contributed by atoms with E-state index in [1.165, 1.54) is 98.4 Å². The quantitative estimate of drug-likeness (QED) is 0.121. The van der Waals surface area contributed by atoms with Crippen molar-refractivity contribution in [2.45, 2.75) is 13.8 Å². The summed E-state index contributed by atoms with van der Waals surface area (Å²) in [5.41, 5.74) is 10.6. The Labute approximate surface area is 245 Å². The molecule has 0 spiro atoms. The van der Waals surface area contributed by atoms with Crippen LogP contribution in [0.5, 0.6) is 0 Å². The van der Waals surface area contributed by atoms with Gasteiger partial charge in [-0.05, 0) is 112 Å². The minimum absolute atomic E-state index is 1.26. The van der Waals surface area contributed by atoms with Crippen LogP contribution in [-0.4, -0.2) is 0 Å². The predicted molar refractivity (Wildman–Crippen MR) is 183 cm³/mol. The summed E-state index contributed by atoms with van der Waals surface area (Å²) in [6.07, 6.45) is 6.54. The second-order valence-corrected chi connectivity index (χ2v) is 11.6. The van der Waals surface area contributed by atoms with Crippen molar-refractivity contribution >= 4 is 59.4 Å². The molecule has 0 nitrogen and oxygen atoms in total. The lowest BCUT2D eigenvalue weighted by Gasteiger charge is -2.20. The number of hydrogen-bond acceptors (Lipinski definition) is 0. The van der Waals surface area contributed by atoms with Crippen LogP contribution in [0.1, 0.15) is 19.4 Å². The number of benzene rings is 8. The summed E-state index contributed by atoms with van der Waals surface area (Å²) in [7, 11) is 0. The third-order valence-corrected chi connectivity index (χ3v) is 9.40. The van der Waals surface area contributed by atoms with Crippen molar-refractivity contribution in [3.05, 3.63) is 139 Å². The number of allylic oxidation sites excluding steroid dienone is 4. The van der Waals surface area contributed by atoms with Gasteiger partial charge < -0.3 is 0 Å². The van der Waals surface area contributed by atoms with Crippen molar-refractivity contribution in [3.8, 4) is 33.4 Å². The number of hydrogen-bond donors (Lipinski definition) is 0. The van der Waals surface area contributed by atoms with Crippen LogP contribution in [-0.2, 0) is 0 Å². The van der Waals surface area contributed by atoms with E-state index in [0.717, 1.165) is 0 Å². The van der Waals surface area contributed by atoms with Gasteiger partial charge in [-0.15, -0.1) is 0 Å². The van der Waals surface area contributed by atoms with Crippen LogP contribution in [0.4, 0.5) is 0 Å². The average Bonchev–Trinajstić information content (AvgIpc) is 3.37. The van der Waals surface area contributed by atoms with E-state index in [9.17, 15) is 0 Å². The maximum absolute atomic E-state index is 2.40. The first-order valence-electron chi connectivity index (χ1n) is 14.8. The molecule has 0 radical (unpaired) electrons. The zero-order chi connectivity index (χ0) is 27.9. The molecule has 0 saturated carbocycles. The van der Waals surface area contributed by atoms with E-state index in [2.05, 4.69) is 147 Å². The lowest BCUT2D eigenvalue weighted by molar-refractivity contribution is 1.59. The lowest BCUT2D eigenvalue weighted by Crippen LogP contribution is -1.95. The molecule has 8 aromatic rings. The molecule has 196 valence electrons. The van der Waals surface area contributed by atoms with Crippen molar-refractivity contribution < 1.29 is 0 Å². The van der Waals surface area contributed by atoms with Crippen molar-refractivity contribution in [3.63, 3.8) is 0 Å². The summed E-state index contributed by atoms with van der Waals surface area (Å²) in [4.78, 5) is 0. The van der Waals surface area contributed by atoms with Crippen molar-refractivity contribution in [1.82, 2.24) is 0 Å². The highest BCUT2D eigenvalue weighted by Crippen LogP contribution is 2.58. The number of rotatable bonds is 3. The van der Waals surface area contributed by atoms with Gasteiger partial charge in [-0.1, -0.05) is 133 Å². The van der Waals surface area contributed by atoms with E-state index >= 15 is 0 Å². The van der Waals surface area contributed by atoms with Gasteiger partial charge in [0.1, 0.15) is 0 Å². The summed E-state index contributed by atoms with van der Waals surface area (Å²) in [6.45, 7) is 4.35. The molecule has 1 aliphatic carbocycles. The average molecular weight is 533 g/mol. The van der Waals surface area contributed by atoms with Crippen LogP contribution < -0.4 is 0 Å². The second kappa shape index (κ2) is 8.65. The molecule has 8 aromatic carbocycles. The van der Waals surface area contributed by atoms with E-state index in [-0.39, 0.29) is 0 Å². The summed E-state index contributed by atoms with van der Waals surface area (Å²) >= 11 is 0. The van der Waals surface area contributed by atoms with Gasteiger partial charge in [0, 0.05) is 0 Å². The summed E-state index contributed by atoms with van der Waals surface area (Å²) in [5.74, 6) is 0. The van der Waals surface area contributed by atoms with Crippen LogP contribution in [0.2, 0.25) is 0 Å². The molecule has 0 fully saturated rings. The smallest absolute Gasteiger partial charge is 0.000752 e. The molecule has 0 atom stereocenters. The zero-order valence-corrected chi connectivity index (χ0v) is 23.7. The predicted octanol–water partition coefficient (Wildman–Crippen LogP) is 12.2. The Morgan fingerprint density at radius 2 is 1.07 bits per heavy atom. The largest absolute Gasteiger partial charge is 0.0877 e. The minimum atomic E-state index is 1.26.